The Balaban J connectivity index is 1.97. The average Bonchev–Trinajstić information content (AvgIpc) is 3.14. The molecule has 0 spiro atoms. The van der Waals surface area contributed by atoms with Crippen LogP contribution in [0.5, 0.6) is 0 Å². The number of halogens is 1. The fourth-order valence-electron chi connectivity index (χ4n) is 2.66. The number of anilines is 1. The number of amides is 1. The van der Waals surface area contributed by atoms with Gasteiger partial charge in [-0.05, 0) is 23.6 Å². The second-order valence-electron chi connectivity index (χ2n) is 5.07. The lowest BCUT2D eigenvalue weighted by molar-refractivity contribution is -0.117. The van der Waals surface area contributed by atoms with Crippen LogP contribution in [0.2, 0.25) is 5.02 Å². The third-order valence-corrected chi connectivity index (χ3v) is 3.93. The highest BCUT2D eigenvalue weighted by molar-refractivity contribution is 6.33. The summed E-state index contributed by atoms with van der Waals surface area (Å²) in [5, 5.41) is 4.11. The average molecular weight is 317 g/mol. The van der Waals surface area contributed by atoms with E-state index in [0.717, 1.165) is 11.4 Å². The molecule has 1 aromatic carbocycles. The van der Waals surface area contributed by atoms with E-state index in [0.29, 0.717) is 24.5 Å². The molecular formula is C14H13ClN6O. The first-order valence-corrected chi connectivity index (χ1v) is 7.16. The summed E-state index contributed by atoms with van der Waals surface area (Å²) in [6, 6.07) is 5.44. The molecule has 0 N–H and O–H groups in total. The maximum Gasteiger partial charge on any atom is 0.227 e. The van der Waals surface area contributed by atoms with Crippen molar-refractivity contribution in [3.05, 3.63) is 52.4 Å². The molecule has 1 fully saturated rings. The van der Waals surface area contributed by atoms with E-state index in [2.05, 4.69) is 15.0 Å². The molecule has 1 unspecified atom stereocenters. The summed E-state index contributed by atoms with van der Waals surface area (Å²) in [6.07, 6.45) is 5.45. The molecule has 7 nitrogen and oxygen atoms in total. The number of azide groups is 1. The summed E-state index contributed by atoms with van der Waals surface area (Å²) >= 11 is 6.31. The van der Waals surface area contributed by atoms with Crippen LogP contribution >= 0.6 is 11.6 Å². The Hall–Kier alpha value is -2.50. The normalized spacial score (nSPS) is 17.6. The lowest BCUT2D eigenvalue weighted by atomic mass is 10.1. The van der Waals surface area contributed by atoms with Crippen LogP contribution in [-0.4, -0.2) is 28.5 Å². The van der Waals surface area contributed by atoms with Gasteiger partial charge >= 0.3 is 0 Å². The molecule has 0 bridgehead atoms. The lowest BCUT2D eigenvalue weighted by Crippen LogP contribution is -2.26. The Morgan fingerprint density at radius 2 is 2.36 bits per heavy atom. The molecule has 1 aliphatic rings. The minimum atomic E-state index is 0.00164. The van der Waals surface area contributed by atoms with Crippen LogP contribution < -0.4 is 4.90 Å². The minimum Gasteiger partial charge on any atom is -0.310 e. The standard InChI is InChI=1S/C14H13ClN6O/c15-11-2-1-3-12(14(11)20-5-4-17-9-20)21-8-10(6-13(21)22)7-18-19-16/h1-5,9-10H,6-8H2. The van der Waals surface area contributed by atoms with Crippen LogP contribution in [0.4, 0.5) is 5.69 Å². The van der Waals surface area contributed by atoms with Gasteiger partial charge in [0.1, 0.15) is 0 Å². The Morgan fingerprint density at radius 1 is 1.50 bits per heavy atom. The molecule has 1 atom stereocenters. The van der Waals surface area contributed by atoms with Crippen molar-refractivity contribution < 1.29 is 4.79 Å². The Morgan fingerprint density at radius 3 is 3.09 bits per heavy atom. The first kappa shape index (κ1) is 14.4. The highest BCUT2D eigenvalue weighted by atomic mass is 35.5. The third-order valence-electron chi connectivity index (χ3n) is 3.63. The zero-order chi connectivity index (χ0) is 15.5. The Kier molecular flexibility index (Phi) is 4.00. The van der Waals surface area contributed by atoms with E-state index in [1.165, 1.54) is 0 Å². The van der Waals surface area contributed by atoms with Gasteiger partial charge in [-0.1, -0.05) is 22.8 Å². The molecule has 2 heterocycles. The lowest BCUT2D eigenvalue weighted by Gasteiger charge is -2.21. The second kappa shape index (κ2) is 6.09. The molecule has 22 heavy (non-hydrogen) atoms. The molecule has 2 aromatic rings. The third kappa shape index (κ3) is 2.64. The van der Waals surface area contributed by atoms with Gasteiger partial charge in [-0.2, -0.15) is 0 Å². The topological polar surface area (TPSA) is 86.9 Å². The van der Waals surface area contributed by atoms with Crippen LogP contribution in [0.1, 0.15) is 6.42 Å². The van der Waals surface area contributed by atoms with E-state index in [-0.39, 0.29) is 11.8 Å². The molecule has 8 heteroatoms. The summed E-state index contributed by atoms with van der Waals surface area (Å²) in [5.74, 6) is 0.0276. The predicted molar refractivity (Wildman–Crippen MR) is 83.0 cm³/mol. The van der Waals surface area contributed by atoms with Crippen molar-refractivity contribution in [3.8, 4) is 5.69 Å². The zero-order valence-corrected chi connectivity index (χ0v) is 12.4. The van der Waals surface area contributed by atoms with Gasteiger partial charge in [0.2, 0.25) is 5.91 Å². The molecule has 1 aliphatic heterocycles. The number of hydrogen-bond donors (Lipinski definition) is 0. The maximum atomic E-state index is 12.3. The van der Waals surface area contributed by atoms with Crippen LogP contribution in [0.15, 0.2) is 42.0 Å². The van der Waals surface area contributed by atoms with Gasteiger partial charge in [0.05, 0.1) is 22.7 Å². The predicted octanol–water partition coefficient (Wildman–Crippen LogP) is 3.19. The highest BCUT2D eigenvalue weighted by Gasteiger charge is 2.32. The molecule has 0 radical (unpaired) electrons. The van der Waals surface area contributed by atoms with Crippen LogP contribution in [0, 0.1) is 5.92 Å². The fraction of sp³-hybridized carbons (Fsp3) is 0.286. The van der Waals surface area contributed by atoms with Gasteiger partial charge in [0, 0.05) is 36.8 Å². The van der Waals surface area contributed by atoms with Crippen LogP contribution in [0.3, 0.4) is 0 Å². The first-order chi connectivity index (χ1) is 10.7. The smallest absolute Gasteiger partial charge is 0.227 e. The van der Waals surface area contributed by atoms with Gasteiger partial charge in [-0.3, -0.25) is 4.79 Å². The van der Waals surface area contributed by atoms with Crippen molar-refractivity contribution in [2.24, 2.45) is 11.0 Å². The summed E-state index contributed by atoms with van der Waals surface area (Å²) in [4.78, 5) is 20.8. The number of benzene rings is 1. The van der Waals surface area contributed by atoms with Crippen molar-refractivity contribution in [2.45, 2.75) is 6.42 Å². The van der Waals surface area contributed by atoms with Gasteiger partial charge in [0.15, 0.2) is 0 Å². The van der Waals surface area contributed by atoms with Crippen molar-refractivity contribution in [1.29, 1.82) is 0 Å². The fourth-order valence-corrected chi connectivity index (χ4v) is 2.92. The molecule has 0 aliphatic carbocycles. The molecular weight excluding hydrogens is 304 g/mol. The van der Waals surface area contributed by atoms with E-state index >= 15 is 0 Å². The van der Waals surface area contributed by atoms with Crippen LogP contribution in [0.25, 0.3) is 16.1 Å². The van der Waals surface area contributed by atoms with Gasteiger partial charge in [-0.15, -0.1) is 0 Å². The largest absolute Gasteiger partial charge is 0.310 e. The number of rotatable bonds is 4. The number of para-hydroxylation sites is 1. The molecule has 112 valence electrons. The number of aromatic nitrogens is 2. The summed E-state index contributed by atoms with van der Waals surface area (Å²) in [6.45, 7) is 0.833. The number of imidazole rings is 1. The number of carbonyl (C=O) groups is 1. The van der Waals surface area contributed by atoms with E-state index in [9.17, 15) is 4.79 Å². The molecule has 1 amide bonds. The van der Waals surface area contributed by atoms with E-state index in [1.54, 1.807) is 34.3 Å². The number of nitrogens with zero attached hydrogens (tertiary/aromatic N) is 6. The van der Waals surface area contributed by atoms with Crippen molar-refractivity contribution >= 4 is 23.2 Å². The van der Waals surface area contributed by atoms with E-state index in [1.807, 2.05) is 12.1 Å². The van der Waals surface area contributed by atoms with E-state index in [4.69, 9.17) is 17.1 Å². The summed E-state index contributed by atoms with van der Waals surface area (Å²) < 4.78 is 1.78. The monoisotopic (exact) mass is 316 g/mol. The number of hydrogen-bond acceptors (Lipinski definition) is 3. The van der Waals surface area contributed by atoms with E-state index < -0.39 is 0 Å². The zero-order valence-electron chi connectivity index (χ0n) is 11.6. The SMILES string of the molecule is [N-]=[N+]=NCC1CC(=O)N(c2cccc(Cl)c2-n2ccnc2)C1. The molecule has 3 rings (SSSR count). The van der Waals surface area contributed by atoms with Crippen molar-refractivity contribution in [1.82, 2.24) is 9.55 Å². The summed E-state index contributed by atoms with van der Waals surface area (Å²) in [7, 11) is 0. The summed E-state index contributed by atoms with van der Waals surface area (Å²) in [5.41, 5.74) is 9.87. The Labute approximate surface area is 131 Å². The quantitative estimate of drug-likeness (QED) is 0.492. The Bertz CT molecular complexity index is 738. The second-order valence-corrected chi connectivity index (χ2v) is 5.47. The number of carbonyl (C=O) groups excluding carboxylic acids is 1. The van der Waals surface area contributed by atoms with Crippen molar-refractivity contribution in [3.63, 3.8) is 0 Å². The van der Waals surface area contributed by atoms with Gasteiger partial charge in [-0.25, -0.2) is 4.98 Å². The highest BCUT2D eigenvalue weighted by Crippen LogP contribution is 2.34. The minimum absolute atomic E-state index is 0.00164. The maximum absolute atomic E-state index is 12.3. The van der Waals surface area contributed by atoms with Gasteiger partial charge < -0.3 is 9.47 Å². The first-order valence-electron chi connectivity index (χ1n) is 6.78. The van der Waals surface area contributed by atoms with Gasteiger partial charge in [0.25, 0.3) is 0 Å². The molecule has 0 saturated carbocycles. The van der Waals surface area contributed by atoms with Crippen LogP contribution in [-0.2, 0) is 4.79 Å². The van der Waals surface area contributed by atoms with Crippen molar-refractivity contribution in [2.75, 3.05) is 18.0 Å². The molecule has 1 aromatic heterocycles. The molecule has 1 saturated heterocycles.